The van der Waals surface area contributed by atoms with Gasteiger partial charge in [0.15, 0.2) is 0 Å². The SMILES string of the molecule is C[C@@H]1CN(c2ccc([N+](=O)[O-])cn2)C[C@H](C)O1. The second-order valence-electron chi connectivity index (χ2n) is 4.29. The normalized spacial score (nSPS) is 24.7. The standard InChI is InChI=1S/C11H15N3O3/c1-8-6-13(7-9(2)17-8)11-4-3-10(5-12-11)14(15)16/h3-5,8-9H,6-7H2,1-2H3/t8-,9+. The maximum absolute atomic E-state index is 10.5. The van der Waals surface area contributed by atoms with Crippen molar-refractivity contribution < 1.29 is 9.66 Å². The van der Waals surface area contributed by atoms with Gasteiger partial charge in [-0.05, 0) is 19.9 Å². The first-order chi connectivity index (χ1) is 8.06. The van der Waals surface area contributed by atoms with Gasteiger partial charge < -0.3 is 9.64 Å². The predicted molar refractivity (Wildman–Crippen MR) is 63.1 cm³/mol. The maximum Gasteiger partial charge on any atom is 0.287 e. The Labute approximate surface area is 99.4 Å². The minimum absolute atomic E-state index is 0.0168. The lowest BCUT2D eigenvalue weighted by Gasteiger charge is -2.35. The van der Waals surface area contributed by atoms with Crippen LogP contribution in [0, 0.1) is 10.1 Å². The fourth-order valence-electron chi connectivity index (χ4n) is 2.04. The Morgan fingerprint density at radius 3 is 2.53 bits per heavy atom. The van der Waals surface area contributed by atoms with Crippen molar-refractivity contribution in [3.63, 3.8) is 0 Å². The second kappa shape index (κ2) is 4.67. The van der Waals surface area contributed by atoms with Crippen molar-refractivity contribution in [2.75, 3.05) is 18.0 Å². The lowest BCUT2D eigenvalue weighted by molar-refractivity contribution is -0.385. The first-order valence-corrected chi connectivity index (χ1v) is 5.57. The average molecular weight is 237 g/mol. The zero-order valence-corrected chi connectivity index (χ0v) is 9.87. The monoisotopic (exact) mass is 237 g/mol. The van der Waals surface area contributed by atoms with Gasteiger partial charge in [-0.3, -0.25) is 10.1 Å². The average Bonchev–Trinajstić information content (AvgIpc) is 2.28. The highest BCUT2D eigenvalue weighted by Crippen LogP contribution is 2.20. The summed E-state index contributed by atoms with van der Waals surface area (Å²) in [5, 5.41) is 10.5. The molecule has 0 bridgehead atoms. The number of aromatic nitrogens is 1. The van der Waals surface area contributed by atoms with Crippen molar-refractivity contribution in [2.24, 2.45) is 0 Å². The Bertz CT molecular complexity index is 397. The number of pyridine rings is 1. The summed E-state index contributed by atoms with van der Waals surface area (Å²) in [5.41, 5.74) is 0.0168. The molecule has 92 valence electrons. The molecule has 1 fully saturated rings. The molecule has 1 aliphatic heterocycles. The van der Waals surface area contributed by atoms with E-state index in [1.54, 1.807) is 6.07 Å². The van der Waals surface area contributed by atoms with Gasteiger partial charge in [-0.2, -0.15) is 0 Å². The Morgan fingerprint density at radius 1 is 1.41 bits per heavy atom. The van der Waals surface area contributed by atoms with Gasteiger partial charge in [0.05, 0.1) is 17.1 Å². The summed E-state index contributed by atoms with van der Waals surface area (Å²) in [7, 11) is 0. The summed E-state index contributed by atoms with van der Waals surface area (Å²) >= 11 is 0. The van der Waals surface area contributed by atoms with Gasteiger partial charge in [-0.1, -0.05) is 0 Å². The molecule has 0 radical (unpaired) electrons. The van der Waals surface area contributed by atoms with E-state index in [2.05, 4.69) is 9.88 Å². The minimum atomic E-state index is -0.443. The van der Waals surface area contributed by atoms with E-state index in [1.165, 1.54) is 12.3 Å². The van der Waals surface area contributed by atoms with Gasteiger partial charge in [0.25, 0.3) is 5.69 Å². The van der Waals surface area contributed by atoms with Crippen LogP contribution in [-0.2, 0) is 4.74 Å². The molecule has 17 heavy (non-hydrogen) atoms. The molecule has 1 saturated heterocycles. The molecule has 1 aromatic heterocycles. The smallest absolute Gasteiger partial charge is 0.287 e. The fraction of sp³-hybridized carbons (Fsp3) is 0.545. The summed E-state index contributed by atoms with van der Waals surface area (Å²) in [6.45, 7) is 5.53. The Hall–Kier alpha value is -1.69. The van der Waals surface area contributed by atoms with Crippen LogP contribution in [0.1, 0.15) is 13.8 Å². The second-order valence-corrected chi connectivity index (χ2v) is 4.29. The van der Waals surface area contributed by atoms with Crippen molar-refractivity contribution in [1.82, 2.24) is 4.98 Å². The third-order valence-corrected chi connectivity index (χ3v) is 2.69. The van der Waals surface area contributed by atoms with Gasteiger partial charge in [0.1, 0.15) is 12.0 Å². The van der Waals surface area contributed by atoms with E-state index in [9.17, 15) is 10.1 Å². The lowest BCUT2D eigenvalue weighted by atomic mass is 10.2. The minimum Gasteiger partial charge on any atom is -0.372 e. The van der Waals surface area contributed by atoms with Gasteiger partial charge in [0.2, 0.25) is 0 Å². The van der Waals surface area contributed by atoms with Crippen molar-refractivity contribution >= 4 is 11.5 Å². The molecular formula is C11H15N3O3. The van der Waals surface area contributed by atoms with Crippen LogP contribution in [0.25, 0.3) is 0 Å². The largest absolute Gasteiger partial charge is 0.372 e. The third kappa shape index (κ3) is 2.71. The van der Waals surface area contributed by atoms with Crippen LogP contribution in [0.5, 0.6) is 0 Å². The van der Waals surface area contributed by atoms with Crippen LogP contribution in [0.2, 0.25) is 0 Å². The molecule has 1 aromatic rings. The number of morpholine rings is 1. The molecule has 6 heteroatoms. The van der Waals surface area contributed by atoms with Crippen molar-refractivity contribution in [3.8, 4) is 0 Å². The lowest BCUT2D eigenvalue weighted by Crippen LogP contribution is -2.45. The number of ether oxygens (including phenoxy) is 1. The number of nitrogens with zero attached hydrogens (tertiary/aromatic N) is 3. The van der Waals surface area contributed by atoms with E-state index >= 15 is 0 Å². The van der Waals surface area contributed by atoms with Crippen LogP contribution in [0.4, 0.5) is 11.5 Å². The van der Waals surface area contributed by atoms with Crippen molar-refractivity contribution in [3.05, 3.63) is 28.4 Å². The van der Waals surface area contributed by atoms with E-state index in [1.807, 2.05) is 13.8 Å². The van der Waals surface area contributed by atoms with Gasteiger partial charge in [-0.15, -0.1) is 0 Å². The van der Waals surface area contributed by atoms with Crippen molar-refractivity contribution in [1.29, 1.82) is 0 Å². The molecule has 0 N–H and O–H groups in total. The topological polar surface area (TPSA) is 68.5 Å². The van der Waals surface area contributed by atoms with Crippen LogP contribution < -0.4 is 4.90 Å². The van der Waals surface area contributed by atoms with E-state index in [0.29, 0.717) is 0 Å². The summed E-state index contributed by atoms with van der Waals surface area (Å²) < 4.78 is 5.62. The Kier molecular flexibility index (Phi) is 3.23. The fourth-order valence-corrected chi connectivity index (χ4v) is 2.04. The van der Waals surface area contributed by atoms with E-state index in [0.717, 1.165) is 18.9 Å². The molecule has 0 saturated carbocycles. The first-order valence-electron chi connectivity index (χ1n) is 5.57. The molecule has 2 rings (SSSR count). The van der Waals surface area contributed by atoms with Gasteiger partial charge in [-0.25, -0.2) is 4.98 Å². The van der Waals surface area contributed by atoms with Crippen LogP contribution in [0.15, 0.2) is 18.3 Å². The highest BCUT2D eigenvalue weighted by molar-refractivity contribution is 5.43. The molecule has 0 amide bonds. The number of anilines is 1. The Morgan fingerprint density at radius 2 is 2.06 bits per heavy atom. The van der Waals surface area contributed by atoms with Crippen LogP contribution in [-0.4, -0.2) is 35.2 Å². The van der Waals surface area contributed by atoms with E-state index in [-0.39, 0.29) is 17.9 Å². The van der Waals surface area contributed by atoms with Crippen LogP contribution >= 0.6 is 0 Å². The first kappa shape index (κ1) is 11.8. The highest BCUT2D eigenvalue weighted by atomic mass is 16.6. The van der Waals surface area contributed by atoms with Crippen molar-refractivity contribution in [2.45, 2.75) is 26.1 Å². The van der Waals surface area contributed by atoms with E-state index in [4.69, 9.17) is 4.74 Å². The van der Waals surface area contributed by atoms with E-state index < -0.39 is 4.92 Å². The molecule has 2 atom stereocenters. The summed E-state index contributed by atoms with van der Waals surface area (Å²) in [5.74, 6) is 0.762. The number of rotatable bonds is 2. The highest BCUT2D eigenvalue weighted by Gasteiger charge is 2.23. The van der Waals surface area contributed by atoms with Crippen LogP contribution in [0.3, 0.4) is 0 Å². The molecule has 2 heterocycles. The zero-order valence-electron chi connectivity index (χ0n) is 9.87. The molecule has 0 unspecified atom stereocenters. The number of hydrogen-bond acceptors (Lipinski definition) is 5. The molecular weight excluding hydrogens is 222 g/mol. The quantitative estimate of drug-likeness (QED) is 0.577. The number of nitro groups is 1. The maximum atomic E-state index is 10.5. The third-order valence-electron chi connectivity index (χ3n) is 2.69. The molecule has 0 aliphatic carbocycles. The summed E-state index contributed by atoms with van der Waals surface area (Å²) in [4.78, 5) is 16.3. The number of hydrogen-bond donors (Lipinski definition) is 0. The predicted octanol–water partition coefficient (Wildman–Crippen LogP) is 1.60. The molecule has 6 nitrogen and oxygen atoms in total. The summed E-state index contributed by atoms with van der Waals surface area (Å²) in [6.07, 6.45) is 1.59. The molecule has 0 spiro atoms. The molecule has 0 aromatic carbocycles. The van der Waals surface area contributed by atoms with Gasteiger partial charge in [0, 0.05) is 19.2 Å². The summed E-state index contributed by atoms with van der Waals surface area (Å²) in [6, 6.07) is 3.16. The molecule has 1 aliphatic rings. The Balaban J connectivity index is 2.14. The zero-order chi connectivity index (χ0) is 12.4. The van der Waals surface area contributed by atoms with Gasteiger partial charge >= 0.3 is 0 Å².